The molecule has 3 aromatic carbocycles. The zero-order valence-corrected chi connectivity index (χ0v) is 31.2. The van der Waals surface area contributed by atoms with E-state index in [2.05, 4.69) is 17.0 Å². The van der Waals surface area contributed by atoms with Crippen molar-refractivity contribution in [1.82, 2.24) is 4.90 Å². The van der Waals surface area contributed by atoms with E-state index in [-0.39, 0.29) is 67.2 Å². The third-order valence-electron chi connectivity index (χ3n) is 9.12. The van der Waals surface area contributed by atoms with Crippen LogP contribution in [0.5, 0.6) is 0 Å². The maximum absolute atomic E-state index is 11.8. The largest absolute Gasteiger partial charge is 0.465 e. The van der Waals surface area contributed by atoms with Crippen molar-refractivity contribution in [2.45, 2.75) is 91.1 Å². The number of hydrogen-bond donors (Lipinski definition) is 0. The van der Waals surface area contributed by atoms with Crippen molar-refractivity contribution in [3.8, 4) is 0 Å². The summed E-state index contributed by atoms with van der Waals surface area (Å²) in [6.45, 7) is 8.91. The highest BCUT2D eigenvalue weighted by atomic mass is 16.6. The topological polar surface area (TPSA) is 127 Å². The normalized spacial score (nSPS) is 22.7. The van der Waals surface area contributed by atoms with Crippen molar-refractivity contribution in [1.29, 1.82) is 0 Å². The fourth-order valence-electron chi connectivity index (χ4n) is 6.74. The number of hydrogen-bond acceptors (Lipinski definition) is 11. The number of carbonyl (C=O) groups excluding carboxylic acids is 4. The maximum Gasteiger partial charge on any atom is 0.303 e. The number of carbonyl (C=O) groups is 4. The molecule has 0 aromatic heterocycles. The van der Waals surface area contributed by atoms with Gasteiger partial charge in [-0.2, -0.15) is 0 Å². The Labute approximate surface area is 312 Å². The van der Waals surface area contributed by atoms with Crippen LogP contribution in [0.3, 0.4) is 0 Å². The second-order valence-electron chi connectivity index (χ2n) is 13.6. The molecular weight excluding hydrogens is 678 g/mol. The Morgan fingerprint density at radius 3 is 1.49 bits per heavy atom. The van der Waals surface area contributed by atoms with Gasteiger partial charge in [-0.25, -0.2) is 0 Å². The van der Waals surface area contributed by atoms with Crippen molar-refractivity contribution < 1.29 is 47.6 Å². The Morgan fingerprint density at radius 1 is 0.547 bits per heavy atom. The van der Waals surface area contributed by atoms with E-state index in [9.17, 15) is 19.2 Å². The molecule has 5 rings (SSSR count). The van der Waals surface area contributed by atoms with E-state index in [1.807, 2.05) is 78.9 Å². The first-order valence-electron chi connectivity index (χ1n) is 18.3. The van der Waals surface area contributed by atoms with Gasteiger partial charge in [0, 0.05) is 59.2 Å². The van der Waals surface area contributed by atoms with Gasteiger partial charge in [-0.05, 0) is 29.5 Å². The highest BCUT2D eigenvalue weighted by molar-refractivity contribution is 5.67. The van der Waals surface area contributed by atoms with E-state index in [4.69, 9.17) is 28.4 Å². The third-order valence-corrected chi connectivity index (χ3v) is 9.12. The van der Waals surface area contributed by atoms with E-state index in [0.29, 0.717) is 26.3 Å². The molecule has 1 aliphatic carbocycles. The Balaban J connectivity index is 0.000000245. The third kappa shape index (κ3) is 14.8. The van der Waals surface area contributed by atoms with Crippen LogP contribution in [0, 0.1) is 11.8 Å². The summed E-state index contributed by atoms with van der Waals surface area (Å²) in [5.41, 5.74) is 3.32. The molecule has 0 bridgehead atoms. The first-order chi connectivity index (χ1) is 25.6. The number of esters is 4. The number of rotatable bonds is 14. The molecule has 286 valence electrons. The Kier molecular flexibility index (Phi) is 17.0. The minimum Gasteiger partial charge on any atom is -0.465 e. The molecule has 1 saturated heterocycles. The lowest BCUT2D eigenvalue weighted by Crippen LogP contribution is -2.55. The summed E-state index contributed by atoms with van der Waals surface area (Å²) in [7, 11) is 0. The summed E-state index contributed by atoms with van der Waals surface area (Å²) >= 11 is 0. The van der Waals surface area contributed by atoms with Crippen molar-refractivity contribution in [2.75, 3.05) is 26.3 Å². The van der Waals surface area contributed by atoms with Crippen LogP contribution in [0.25, 0.3) is 0 Å². The van der Waals surface area contributed by atoms with E-state index in [0.717, 1.165) is 36.9 Å². The van der Waals surface area contributed by atoms with Gasteiger partial charge in [0.05, 0.1) is 32.5 Å². The highest BCUT2D eigenvalue weighted by Gasteiger charge is 2.41. The average molecular weight is 732 g/mol. The Morgan fingerprint density at radius 2 is 1.00 bits per heavy atom. The molecule has 0 amide bonds. The van der Waals surface area contributed by atoms with Crippen LogP contribution >= 0.6 is 0 Å². The van der Waals surface area contributed by atoms with Gasteiger partial charge in [0.25, 0.3) is 0 Å². The number of nitrogens with zero attached hydrogens (tertiary/aromatic N) is 1. The fraction of sp³-hybridized carbons (Fsp3) is 0.476. The van der Waals surface area contributed by atoms with Crippen molar-refractivity contribution in [3.05, 3.63) is 108 Å². The average Bonchev–Trinajstić information content (AvgIpc) is 3.14. The number of benzene rings is 3. The number of piperidine rings is 1. The van der Waals surface area contributed by atoms with Crippen LogP contribution in [0.15, 0.2) is 91.0 Å². The molecule has 53 heavy (non-hydrogen) atoms. The first kappa shape index (κ1) is 41.2. The first-order valence-corrected chi connectivity index (χ1v) is 18.3. The quantitative estimate of drug-likeness (QED) is 0.142. The van der Waals surface area contributed by atoms with E-state index >= 15 is 0 Å². The zero-order valence-electron chi connectivity index (χ0n) is 31.2. The molecule has 6 atom stereocenters. The summed E-state index contributed by atoms with van der Waals surface area (Å²) < 4.78 is 33.8. The number of ether oxygens (including phenoxy) is 6. The smallest absolute Gasteiger partial charge is 0.303 e. The van der Waals surface area contributed by atoms with Crippen molar-refractivity contribution in [3.63, 3.8) is 0 Å². The van der Waals surface area contributed by atoms with Gasteiger partial charge in [0.2, 0.25) is 0 Å². The molecule has 1 aliphatic heterocycles. The second-order valence-corrected chi connectivity index (χ2v) is 13.6. The predicted molar refractivity (Wildman–Crippen MR) is 197 cm³/mol. The lowest BCUT2D eigenvalue weighted by Gasteiger charge is -2.42. The van der Waals surface area contributed by atoms with E-state index in [1.165, 1.54) is 33.3 Å². The van der Waals surface area contributed by atoms with Gasteiger partial charge in [-0.15, -0.1) is 0 Å². The van der Waals surface area contributed by atoms with Gasteiger partial charge >= 0.3 is 23.9 Å². The number of likely N-dealkylation sites (tertiary alicyclic amines) is 1. The molecule has 1 saturated carbocycles. The zero-order chi connectivity index (χ0) is 38.0. The summed E-state index contributed by atoms with van der Waals surface area (Å²) in [4.78, 5) is 47.9. The molecule has 0 spiro atoms. The molecule has 11 nitrogen and oxygen atoms in total. The molecule has 2 unspecified atom stereocenters. The summed E-state index contributed by atoms with van der Waals surface area (Å²) in [6.07, 6.45) is 1.31. The van der Waals surface area contributed by atoms with Gasteiger partial charge < -0.3 is 28.4 Å². The van der Waals surface area contributed by atoms with Crippen LogP contribution in [0.1, 0.15) is 63.6 Å². The molecule has 0 N–H and O–H groups in total. The van der Waals surface area contributed by atoms with Crippen LogP contribution in [-0.4, -0.2) is 79.5 Å². The molecular formula is C42H53NO10. The van der Waals surface area contributed by atoms with Crippen molar-refractivity contribution >= 4 is 23.9 Å². The minimum absolute atomic E-state index is 0.0164. The molecule has 2 fully saturated rings. The highest BCUT2D eigenvalue weighted by Crippen LogP contribution is 2.31. The standard InChI is InChI=1S/C24H29NO5.C18H24O5/c1-18(26)28-17-22-14-25(13-20-9-5-3-6-10-20)15-23(24(22)30-19(2)27)29-16-21-11-7-4-8-12-21;1-13(19)21-12-16-9-6-10-17(18(16)23-14(2)20)22-11-15-7-4-3-5-8-15/h3-12,22-24H,13-17H2,1-2H3;3-5,7-8,16-18H,6,9-12H2,1-2H3/t22?,23-,24-;16?,17-,18-/m00/s1. The maximum atomic E-state index is 11.8. The summed E-state index contributed by atoms with van der Waals surface area (Å²) in [5, 5.41) is 0. The molecule has 2 aliphatic rings. The van der Waals surface area contributed by atoms with Crippen LogP contribution in [0.2, 0.25) is 0 Å². The Bertz CT molecular complexity index is 1550. The van der Waals surface area contributed by atoms with Crippen molar-refractivity contribution in [2.24, 2.45) is 11.8 Å². The molecule has 0 radical (unpaired) electrons. The fourth-order valence-corrected chi connectivity index (χ4v) is 6.74. The predicted octanol–water partition coefficient (Wildman–Crippen LogP) is 6.07. The molecule has 1 heterocycles. The minimum atomic E-state index is -0.474. The second kappa shape index (κ2) is 21.8. The van der Waals surface area contributed by atoms with Gasteiger partial charge in [-0.1, -0.05) is 97.4 Å². The molecule has 11 heteroatoms. The molecule has 3 aromatic rings. The van der Waals surface area contributed by atoms with E-state index in [1.54, 1.807) is 0 Å². The van der Waals surface area contributed by atoms with Crippen LogP contribution < -0.4 is 0 Å². The SMILES string of the molecule is CC(=O)OCC1CCC[C@H](OCc2ccccc2)[C@H]1OC(C)=O.CC(=O)OCC1CN(Cc2ccccc2)C[C@H](OCc2ccccc2)[C@H]1OC(C)=O. The van der Waals surface area contributed by atoms with Crippen LogP contribution in [-0.2, 0) is 67.4 Å². The monoisotopic (exact) mass is 731 g/mol. The summed E-state index contributed by atoms with van der Waals surface area (Å²) in [6, 6.07) is 30.0. The van der Waals surface area contributed by atoms with E-state index < -0.39 is 6.10 Å². The Hall–Kier alpha value is -4.58. The van der Waals surface area contributed by atoms with Gasteiger partial charge in [-0.3, -0.25) is 24.1 Å². The lowest BCUT2D eigenvalue weighted by atomic mass is 9.84. The van der Waals surface area contributed by atoms with Gasteiger partial charge in [0.1, 0.15) is 18.3 Å². The summed E-state index contributed by atoms with van der Waals surface area (Å²) in [5.74, 6) is -1.55. The van der Waals surface area contributed by atoms with Gasteiger partial charge in [0.15, 0.2) is 0 Å². The lowest BCUT2D eigenvalue weighted by molar-refractivity contribution is -0.177. The van der Waals surface area contributed by atoms with Crippen LogP contribution in [0.4, 0.5) is 0 Å².